The van der Waals surface area contributed by atoms with Gasteiger partial charge in [0.2, 0.25) is 5.95 Å². The maximum Gasteiger partial charge on any atom is 0.326 e. The number of benzene rings is 2. The van der Waals surface area contributed by atoms with Crippen LogP contribution in [0.15, 0.2) is 48.8 Å². The lowest BCUT2D eigenvalue weighted by Gasteiger charge is -2.21. The third kappa shape index (κ3) is 4.32. The summed E-state index contributed by atoms with van der Waals surface area (Å²) in [5.74, 6) is -0.470. The third-order valence-electron chi connectivity index (χ3n) is 5.40. The topological polar surface area (TPSA) is 75.5 Å². The van der Waals surface area contributed by atoms with Crippen LogP contribution in [0.3, 0.4) is 0 Å². The molecule has 1 fully saturated rings. The quantitative estimate of drug-likeness (QED) is 0.603. The van der Waals surface area contributed by atoms with E-state index in [0.717, 1.165) is 12.0 Å². The molecule has 8 heteroatoms. The average molecular weight is 442 g/mol. The summed E-state index contributed by atoms with van der Waals surface area (Å²) in [5, 5.41) is 9.86. The van der Waals surface area contributed by atoms with Crippen molar-refractivity contribution in [3.63, 3.8) is 0 Å². The number of methoxy groups -OCH3 is 1. The lowest BCUT2D eigenvalue weighted by molar-refractivity contribution is -0.138. The SMILES string of the molecule is COc1ccc(Cc2cnc(N3CCCC3C(=O)O)nc2)c(F)c1-c1cccc(Cl)c1. The number of aromatic nitrogens is 2. The van der Waals surface area contributed by atoms with Crippen LogP contribution in [0.5, 0.6) is 5.75 Å². The first kappa shape index (κ1) is 21.1. The molecule has 3 aromatic rings. The second kappa shape index (κ2) is 8.89. The van der Waals surface area contributed by atoms with E-state index in [1.807, 2.05) is 0 Å². The summed E-state index contributed by atoms with van der Waals surface area (Å²) in [6.45, 7) is 0.604. The molecule has 1 aromatic heterocycles. The number of carboxylic acids is 1. The molecule has 0 amide bonds. The van der Waals surface area contributed by atoms with Crippen LogP contribution in [0.25, 0.3) is 11.1 Å². The summed E-state index contributed by atoms with van der Waals surface area (Å²) >= 11 is 6.09. The highest BCUT2D eigenvalue weighted by Crippen LogP contribution is 2.36. The predicted molar refractivity (Wildman–Crippen MR) is 116 cm³/mol. The smallest absolute Gasteiger partial charge is 0.326 e. The summed E-state index contributed by atoms with van der Waals surface area (Å²) in [4.78, 5) is 21.8. The van der Waals surface area contributed by atoms with Crippen LogP contribution in [0.4, 0.5) is 10.3 Å². The summed E-state index contributed by atoms with van der Waals surface area (Å²) in [7, 11) is 1.50. The second-order valence-electron chi connectivity index (χ2n) is 7.38. The van der Waals surface area contributed by atoms with Crippen molar-refractivity contribution in [3.8, 4) is 16.9 Å². The summed E-state index contributed by atoms with van der Waals surface area (Å²) in [6, 6.07) is 9.77. The van der Waals surface area contributed by atoms with Crippen LogP contribution in [0.2, 0.25) is 5.02 Å². The van der Waals surface area contributed by atoms with Gasteiger partial charge in [-0.2, -0.15) is 0 Å². The van der Waals surface area contributed by atoms with E-state index in [1.165, 1.54) is 7.11 Å². The molecule has 6 nitrogen and oxygen atoms in total. The van der Waals surface area contributed by atoms with Crippen LogP contribution in [-0.4, -0.2) is 40.7 Å². The molecule has 1 unspecified atom stereocenters. The maximum atomic E-state index is 15.5. The molecule has 1 aliphatic heterocycles. The third-order valence-corrected chi connectivity index (χ3v) is 5.63. The maximum absolute atomic E-state index is 15.5. The number of ether oxygens (including phenoxy) is 1. The zero-order chi connectivity index (χ0) is 22.0. The minimum Gasteiger partial charge on any atom is -0.496 e. The lowest BCUT2D eigenvalue weighted by Crippen LogP contribution is -2.37. The molecule has 1 atom stereocenters. The van der Waals surface area contributed by atoms with E-state index in [2.05, 4.69) is 9.97 Å². The fraction of sp³-hybridized carbons (Fsp3) is 0.261. The van der Waals surface area contributed by atoms with E-state index in [1.54, 1.807) is 53.7 Å². The number of anilines is 1. The van der Waals surface area contributed by atoms with Crippen molar-refractivity contribution in [2.24, 2.45) is 0 Å². The Hall–Kier alpha value is -3.19. The van der Waals surface area contributed by atoms with Gasteiger partial charge in [-0.15, -0.1) is 0 Å². The number of hydrogen-bond acceptors (Lipinski definition) is 5. The number of hydrogen-bond donors (Lipinski definition) is 1. The Morgan fingerprint density at radius 1 is 1.29 bits per heavy atom. The van der Waals surface area contributed by atoms with Gasteiger partial charge in [-0.3, -0.25) is 0 Å². The number of carboxylic acid groups (broad SMARTS) is 1. The monoisotopic (exact) mass is 441 g/mol. The van der Waals surface area contributed by atoms with E-state index in [-0.39, 0.29) is 6.42 Å². The largest absolute Gasteiger partial charge is 0.496 e. The van der Waals surface area contributed by atoms with Crippen molar-refractivity contribution in [1.82, 2.24) is 9.97 Å². The lowest BCUT2D eigenvalue weighted by atomic mass is 9.98. The fourth-order valence-electron chi connectivity index (χ4n) is 3.89. The Balaban J connectivity index is 1.61. The van der Waals surface area contributed by atoms with Crippen LogP contribution in [0, 0.1) is 5.82 Å². The number of nitrogens with zero attached hydrogens (tertiary/aromatic N) is 3. The Labute approximate surface area is 184 Å². The minimum atomic E-state index is -0.876. The average Bonchev–Trinajstić information content (AvgIpc) is 3.26. The molecule has 0 saturated carbocycles. The van der Waals surface area contributed by atoms with Gasteiger partial charge in [0.15, 0.2) is 0 Å². The van der Waals surface area contributed by atoms with Crippen molar-refractivity contribution in [3.05, 3.63) is 70.8 Å². The summed E-state index contributed by atoms with van der Waals surface area (Å²) < 4.78 is 20.8. The molecule has 0 aliphatic carbocycles. The zero-order valence-corrected chi connectivity index (χ0v) is 17.6. The van der Waals surface area contributed by atoms with E-state index in [9.17, 15) is 9.90 Å². The van der Waals surface area contributed by atoms with Gasteiger partial charge < -0.3 is 14.7 Å². The van der Waals surface area contributed by atoms with E-state index >= 15 is 4.39 Å². The Kier molecular flexibility index (Phi) is 6.04. The zero-order valence-electron chi connectivity index (χ0n) is 16.9. The van der Waals surface area contributed by atoms with Crippen LogP contribution in [0.1, 0.15) is 24.0 Å². The van der Waals surface area contributed by atoms with Gasteiger partial charge in [0, 0.05) is 30.4 Å². The van der Waals surface area contributed by atoms with E-state index < -0.39 is 17.8 Å². The van der Waals surface area contributed by atoms with Crippen LogP contribution < -0.4 is 9.64 Å². The van der Waals surface area contributed by atoms with Gasteiger partial charge in [0.1, 0.15) is 17.6 Å². The van der Waals surface area contributed by atoms with Crippen LogP contribution in [-0.2, 0) is 11.2 Å². The van der Waals surface area contributed by atoms with Gasteiger partial charge in [0.25, 0.3) is 0 Å². The first-order valence-electron chi connectivity index (χ1n) is 9.89. The standard InChI is InChI=1S/C23H21ClFN3O3/c1-31-19-8-7-16(21(25)20(19)15-4-2-5-17(24)11-15)10-14-12-26-23(27-13-14)28-9-3-6-18(28)22(29)30/h2,4-5,7-8,11-13,18H,3,6,9-10H2,1H3,(H,29,30). The van der Waals surface area contributed by atoms with E-state index in [0.29, 0.717) is 46.4 Å². The van der Waals surface area contributed by atoms with Crippen molar-refractivity contribution in [2.75, 3.05) is 18.6 Å². The van der Waals surface area contributed by atoms with Gasteiger partial charge >= 0.3 is 5.97 Å². The molecule has 4 rings (SSSR count). The molecule has 1 aliphatic rings. The molecule has 1 N–H and O–H groups in total. The molecular formula is C23H21ClFN3O3. The Morgan fingerprint density at radius 3 is 2.74 bits per heavy atom. The Morgan fingerprint density at radius 2 is 2.06 bits per heavy atom. The highest BCUT2D eigenvalue weighted by atomic mass is 35.5. The normalized spacial score (nSPS) is 15.8. The molecular weight excluding hydrogens is 421 g/mol. The summed E-state index contributed by atoms with van der Waals surface area (Å²) in [6.07, 6.45) is 4.87. The highest BCUT2D eigenvalue weighted by molar-refractivity contribution is 6.30. The van der Waals surface area contributed by atoms with Gasteiger partial charge in [0.05, 0.1) is 12.7 Å². The number of halogens is 2. The van der Waals surface area contributed by atoms with Crippen molar-refractivity contribution in [1.29, 1.82) is 0 Å². The molecule has 2 heterocycles. The Bertz CT molecular complexity index is 1110. The first-order valence-corrected chi connectivity index (χ1v) is 10.3. The molecule has 2 aromatic carbocycles. The number of carbonyl (C=O) groups is 1. The molecule has 160 valence electrons. The first-order chi connectivity index (χ1) is 15.0. The molecule has 0 radical (unpaired) electrons. The molecule has 31 heavy (non-hydrogen) atoms. The number of aliphatic carboxylic acids is 1. The van der Waals surface area contributed by atoms with E-state index in [4.69, 9.17) is 16.3 Å². The van der Waals surface area contributed by atoms with Gasteiger partial charge in [-0.1, -0.05) is 29.8 Å². The van der Waals surface area contributed by atoms with Crippen molar-refractivity contribution in [2.45, 2.75) is 25.3 Å². The predicted octanol–water partition coefficient (Wildman–Crippen LogP) is 4.59. The minimum absolute atomic E-state index is 0.284. The van der Waals surface area contributed by atoms with Crippen LogP contribution >= 0.6 is 11.6 Å². The highest BCUT2D eigenvalue weighted by Gasteiger charge is 2.32. The fourth-order valence-corrected chi connectivity index (χ4v) is 4.08. The van der Waals surface area contributed by atoms with Crippen molar-refractivity contribution < 1.29 is 19.0 Å². The number of rotatable bonds is 6. The molecule has 0 bridgehead atoms. The van der Waals surface area contributed by atoms with Gasteiger partial charge in [-0.25, -0.2) is 19.2 Å². The molecule has 0 spiro atoms. The van der Waals surface area contributed by atoms with Crippen molar-refractivity contribution >= 4 is 23.5 Å². The summed E-state index contributed by atoms with van der Waals surface area (Å²) in [5.41, 5.74) is 2.16. The van der Waals surface area contributed by atoms with Gasteiger partial charge in [-0.05, 0) is 47.7 Å². The molecule has 1 saturated heterocycles. The second-order valence-corrected chi connectivity index (χ2v) is 7.82.